The van der Waals surface area contributed by atoms with Gasteiger partial charge in [0.2, 0.25) is 5.75 Å². The van der Waals surface area contributed by atoms with E-state index in [1.165, 1.54) is 0 Å². The molecule has 0 spiro atoms. The number of aromatic hydroxyl groups is 1. The molecule has 106 valence electrons. The van der Waals surface area contributed by atoms with Crippen molar-refractivity contribution in [3.8, 4) is 17.1 Å². The number of hydrogen-bond donors (Lipinski definition) is 3. The lowest BCUT2D eigenvalue weighted by molar-refractivity contribution is 0.146. The molecule has 0 aliphatic rings. The van der Waals surface area contributed by atoms with Gasteiger partial charge >= 0.3 is 0 Å². The number of alkyl halides is 2. The van der Waals surface area contributed by atoms with E-state index in [0.29, 0.717) is 12.1 Å². The molecule has 0 radical (unpaired) electrons. The van der Waals surface area contributed by atoms with Gasteiger partial charge in [0.05, 0.1) is 11.1 Å². The summed E-state index contributed by atoms with van der Waals surface area (Å²) in [6, 6.07) is 0.768. The van der Waals surface area contributed by atoms with Crippen molar-refractivity contribution in [3.05, 3.63) is 39.7 Å². The van der Waals surface area contributed by atoms with Gasteiger partial charge in [-0.15, -0.1) is 0 Å². The second kappa shape index (κ2) is 4.83. The molecule has 0 fully saturated rings. The van der Waals surface area contributed by atoms with Gasteiger partial charge in [0, 0.05) is 0 Å². The molecular formula is C11H7F4N3O2. The van der Waals surface area contributed by atoms with Crippen LogP contribution in [0.4, 0.5) is 23.4 Å². The van der Waals surface area contributed by atoms with E-state index in [1.807, 2.05) is 4.98 Å². The molecule has 4 N–H and O–H groups in total. The summed E-state index contributed by atoms with van der Waals surface area (Å²) >= 11 is 0. The van der Waals surface area contributed by atoms with Gasteiger partial charge in [-0.05, 0) is 12.1 Å². The van der Waals surface area contributed by atoms with Crippen LogP contribution in [0.3, 0.4) is 0 Å². The smallest absolute Gasteiger partial charge is 0.295 e. The minimum atomic E-state index is -3.18. The molecule has 2 aromatic rings. The molecule has 0 aliphatic heterocycles. The normalized spacial score (nSPS) is 11.1. The third-order valence-electron chi connectivity index (χ3n) is 2.50. The quantitative estimate of drug-likeness (QED) is 0.737. The second-order valence-corrected chi connectivity index (χ2v) is 3.80. The van der Waals surface area contributed by atoms with E-state index >= 15 is 0 Å². The number of aromatic nitrogens is 2. The van der Waals surface area contributed by atoms with Crippen molar-refractivity contribution in [1.29, 1.82) is 0 Å². The summed E-state index contributed by atoms with van der Waals surface area (Å²) in [5.74, 6) is -4.52. The molecule has 0 aliphatic carbocycles. The summed E-state index contributed by atoms with van der Waals surface area (Å²) < 4.78 is 51.9. The van der Waals surface area contributed by atoms with Crippen molar-refractivity contribution in [2.75, 3.05) is 5.73 Å². The van der Waals surface area contributed by atoms with Gasteiger partial charge in [-0.2, -0.15) is 0 Å². The number of rotatable bonds is 2. The average molecular weight is 289 g/mol. The van der Waals surface area contributed by atoms with Gasteiger partial charge in [0.15, 0.2) is 5.82 Å². The molecular weight excluding hydrogens is 282 g/mol. The summed E-state index contributed by atoms with van der Waals surface area (Å²) in [4.78, 5) is 16.7. The van der Waals surface area contributed by atoms with Crippen molar-refractivity contribution in [2.24, 2.45) is 0 Å². The second-order valence-electron chi connectivity index (χ2n) is 3.80. The first-order valence-corrected chi connectivity index (χ1v) is 5.17. The predicted molar refractivity (Wildman–Crippen MR) is 61.2 cm³/mol. The van der Waals surface area contributed by atoms with Crippen molar-refractivity contribution < 1.29 is 22.7 Å². The molecule has 1 aromatic carbocycles. The summed E-state index contributed by atoms with van der Waals surface area (Å²) in [7, 11) is 0. The standard InChI is InChI=1S/C11H7F4N3O2/c12-5-2-4(6(13)1-3(5)8(14)15)10-17-9(16)7(19)11(20)18-10/h1-2,8,19H,(H3,16,17,18,20). The molecule has 0 atom stereocenters. The Morgan fingerprint density at radius 3 is 2.45 bits per heavy atom. The van der Waals surface area contributed by atoms with Gasteiger partial charge in [0.1, 0.15) is 17.5 Å². The van der Waals surface area contributed by atoms with E-state index in [1.54, 1.807) is 0 Å². The lowest BCUT2D eigenvalue weighted by Gasteiger charge is -2.08. The van der Waals surface area contributed by atoms with Crippen LogP contribution in [0.2, 0.25) is 0 Å². The molecule has 1 heterocycles. The van der Waals surface area contributed by atoms with E-state index < -0.39 is 52.1 Å². The average Bonchev–Trinajstić information content (AvgIpc) is 2.37. The first-order valence-electron chi connectivity index (χ1n) is 5.17. The molecule has 0 bridgehead atoms. The Hall–Kier alpha value is -2.58. The Kier molecular flexibility index (Phi) is 3.35. The Morgan fingerprint density at radius 2 is 1.90 bits per heavy atom. The van der Waals surface area contributed by atoms with Crippen molar-refractivity contribution >= 4 is 5.82 Å². The summed E-state index contributed by atoms with van der Waals surface area (Å²) in [5.41, 5.74) is 2.47. The fraction of sp³-hybridized carbons (Fsp3) is 0.0909. The third kappa shape index (κ3) is 2.29. The van der Waals surface area contributed by atoms with Crippen molar-refractivity contribution in [1.82, 2.24) is 9.97 Å². The number of H-pyrrole nitrogens is 1. The number of aromatic amines is 1. The van der Waals surface area contributed by atoms with Crippen LogP contribution >= 0.6 is 0 Å². The zero-order chi connectivity index (χ0) is 15.0. The highest BCUT2D eigenvalue weighted by molar-refractivity contribution is 5.60. The SMILES string of the molecule is Nc1nc(-c2cc(F)c(C(F)F)cc2F)[nH]c(=O)c1O. The topological polar surface area (TPSA) is 92.0 Å². The van der Waals surface area contributed by atoms with Gasteiger partial charge in [-0.1, -0.05) is 0 Å². The van der Waals surface area contributed by atoms with Crippen LogP contribution in [-0.2, 0) is 0 Å². The Bertz CT molecular complexity index is 730. The number of nitrogens with one attached hydrogen (secondary N) is 1. The Balaban J connectivity index is 2.65. The Labute approximate surface area is 108 Å². The molecule has 5 nitrogen and oxygen atoms in total. The fourth-order valence-electron chi connectivity index (χ4n) is 1.52. The van der Waals surface area contributed by atoms with Gasteiger partial charge < -0.3 is 15.8 Å². The van der Waals surface area contributed by atoms with Crippen LogP contribution in [0.1, 0.15) is 12.0 Å². The summed E-state index contributed by atoms with van der Waals surface area (Å²) in [6.07, 6.45) is -3.18. The molecule has 9 heteroatoms. The molecule has 20 heavy (non-hydrogen) atoms. The zero-order valence-electron chi connectivity index (χ0n) is 9.62. The number of nitrogens with two attached hydrogens (primary N) is 1. The predicted octanol–water partition coefficient (Wildman–Crippen LogP) is 1.94. The highest BCUT2D eigenvalue weighted by atomic mass is 19.3. The van der Waals surface area contributed by atoms with E-state index in [2.05, 4.69) is 4.98 Å². The molecule has 1 aromatic heterocycles. The van der Waals surface area contributed by atoms with Crippen molar-refractivity contribution in [3.63, 3.8) is 0 Å². The maximum atomic E-state index is 13.7. The van der Waals surface area contributed by atoms with Gasteiger partial charge in [0.25, 0.3) is 12.0 Å². The molecule has 0 saturated carbocycles. The minimum Gasteiger partial charge on any atom is -0.500 e. The fourth-order valence-corrected chi connectivity index (χ4v) is 1.52. The number of benzene rings is 1. The highest BCUT2D eigenvalue weighted by Crippen LogP contribution is 2.29. The van der Waals surface area contributed by atoms with Crippen LogP contribution < -0.4 is 11.3 Å². The largest absolute Gasteiger partial charge is 0.500 e. The number of anilines is 1. The van der Waals surface area contributed by atoms with Gasteiger partial charge in [-0.3, -0.25) is 4.79 Å². The van der Waals surface area contributed by atoms with Crippen molar-refractivity contribution in [2.45, 2.75) is 6.43 Å². The summed E-state index contributed by atoms with van der Waals surface area (Å²) in [6.45, 7) is 0. The zero-order valence-corrected chi connectivity index (χ0v) is 9.62. The van der Waals surface area contributed by atoms with Gasteiger partial charge in [-0.25, -0.2) is 22.5 Å². The lowest BCUT2D eigenvalue weighted by atomic mass is 10.1. The number of nitrogens with zero attached hydrogens (tertiary/aromatic N) is 1. The van der Waals surface area contributed by atoms with E-state index in [9.17, 15) is 22.4 Å². The van der Waals surface area contributed by atoms with E-state index in [0.717, 1.165) is 0 Å². The number of nitrogen functional groups attached to an aromatic ring is 1. The lowest BCUT2D eigenvalue weighted by Crippen LogP contribution is -2.12. The Morgan fingerprint density at radius 1 is 1.25 bits per heavy atom. The number of hydrogen-bond acceptors (Lipinski definition) is 4. The molecule has 0 saturated heterocycles. The van der Waals surface area contributed by atoms with Crippen LogP contribution in [-0.4, -0.2) is 15.1 Å². The van der Waals surface area contributed by atoms with Crippen LogP contribution in [0.5, 0.6) is 5.75 Å². The summed E-state index contributed by atoms with van der Waals surface area (Å²) in [5, 5.41) is 9.12. The monoisotopic (exact) mass is 289 g/mol. The van der Waals surface area contributed by atoms with E-state index in [-0.39, 0.29) is 0 Å². The van der Waals surface area contributed by atoms with Crippen LogP contribution in [0, 0.1) is 11.6 Å². The first-order chi connectivity index (χ1) is 9.31. The van der Waals surface area contributed by atoms with Crippen LogP contribution in [0.25, 0.3) is 11.4 Å². The maximum absolute atomic E-state index is 13.7. The molecule has 0 unspecified atom stereocenters. The van der Waals surface area contributed by atoms with Crippen LogP contribution in [0.15, 0.2) is 16.9 Å². The minimum absolute atomic E-state index is 0.304. The molecule has 2 rings (SSSR count). The molecule has 0 amide bonds. The third-order valence-corrected chi connectivity index (χ3v) is 2.50. The maximum Gasteiger partial charge on any atom is 0.295 e. The number of halogens is 4. The van der Waals surface area contributed by atoms with E-state index in [4.69, 9.17) is 10.8 Å². The highest BCUT2D eigenvalue weighted by Gasteiger charge is 2.20. The first kappa shape index (κ1) is 13.8.